The highest BCUT2D eigenvalue weighted by Crippen LogP contribution is 2.30. The minimum Gasteiger partial charge on any atom is -0.478 e. The number of hydrogen-bond donors (Lipinski definition) is 2. The summed E-state index contributed by atoms with van der Waals surface area (Å²) < 4.78 is 0. The van der Waals surface area contributed by atoms with E-state index in [2.05, 4.69) is 17.2 Å². The molecule has 0 saturated heterocycles. The highest BCUT2D eigenvalue weighted by atomic mass is 16.6. The molecule has 21 heavy (non-hydrogen) atoms. The quantitative estimate of drug-likeness (QED) is 0.638. The van der Waals surface area contributed by atoms with Crippen LogP contribution in [0, 0.1) is 16.0 Å². The molecule has 1 heterocycles. The first-order valence-electron chi connectivity index (χ1n) is 7.17. The molecule has 1 saturated carbocycles. The molecule has 1 fully saturated rings. The summed E-state index contributed by atoms with van der Waals surface area (Å²) in [5.41, 5.74) is -0.460. The van der Waals surface area contributed by atoms with Gasteiger partial charge in [-0.3, -0.25) is 10.1 Å². The third-order valence-electron chi connectivity index (χ3n) is 4.07. The van der Waals surface area contributed by atoms with Crippen LogP contribution in [0.3, 0.4) is 0 Å². The smallest absolute Gasteiger partial charge is 0.339 e. The van der Waals surface area contributed by atoms with Crippen molar-refractivity contribution in [3.05, 3.63) is 27.9 Å². The SMILES string of the molecule is CCC1CCCCC1Nc1ncc([N+](=O)[O-])cc1C(=O)O. The van der Waals surface area contributed by atoms with Gasteiger partial charge in [0.1, 0.15) is 17.6 Å². The Kier molecular flexibility index (Phi) is 4.72. The van der Waals surface area contributed by atoms with E-state index in [1.807, 2.05) is 0 Å². The molecule has 2 unspecified atom stereocenters. The Morgan fingerprint density at radius 3 is 2.86 bits per heavy atom. The summed E-state index contributed by atoms with van der Waals surface area (Å²) in [6.07, 6.45) is 6.49. The Morgan fingerprint density at radius 1 is 1.52 bits per heavy atom. The molecule has 1 aromatic heterocycles. The van der Waals surface area contributed by atoms with E-state index in [0.717, 1.165) is 37.9 Å². The number of carboxylic acids is 1. The molecule has 114 valence electrons. The first-order valence-corrected chi connectivity index (χ1v) is 7.17. The minimum absolute atomic E-state index is 0.148. The largest absolute Gasteiger partial charge is 0.478 e. The molecule has 2 N–H and O–H groups in total. The fourth-order valence-electron chi connectivity index (χ4n) is 2.89. The van der Waals surface area contributed by atoms with E-state index in [1.165, 1.54) is 6.42 Å². The van der Waals surface area contributed by atoms with Gasteiger partial charge in [0.2, 0.25) is 0 Å². The minimum atomic E-state index is -1.21. The van der Waals surface area contributed by atoms with Gasteiger partial charge in [0.15, 0.2) is 0 Å². The lowest BCUT2D eigenvalue weighted by molar-refractivity contribution is -0.385. The number of carbonyl (C=O) groups is 1. The molecule has 0 amide bonds. The molecule has 0 aromatic carbocycles. The van der Waals surface area contributed by atoms with Crippen molar-refractivity contribution in [3.8, 4) is 0 Å². The van der Waals surface area contributed by atoms with E-state index < -0.39 is 10.9 Å². The van der Waals surface area contributed by atoms with E-state index in [-0.39, 0.29) is 23.1 Å². The maximum Gasteiger partial charge on any atom is 0.339 e. The number of anilines is 1. The third kappa shape index (κ3) is 3.48. The van der Waals surface area contributed by atoms with Crippen LogP contribution in [0.1, 0.15) is 49.4 Å². The lowest BCUT2D eigenvalue weighted by atomic mass is 9.83. The molecule has 0 aliphatic heterocycles. The van der Waals surface area contributed by atoms with E-state index in [9.17, 15) is 20.0 Å². The Labute approximate surface area is 122 Å². The molecule has 7 nitrogen and oxygen atoms in total. The fourth-order valence-corrected chi connectivity index (χ4v) is 2.89. The number of nitrogens with one attached hydrogen (secondary N) is 1. The standard InChI is InChI=1S/C14H19N3O4/c1-2-9-5-3-4-6-12(9)16-13-11(14(18)19)7-10(8-15-13)17(20)21/h7-9,12H,2-6H2,1H3,(H,15,16)(H,18,19). The van der Waals surface area contributed by atoms with Crippen LogP contribution in [0.5, 0.6) is 0 Å². The number of nitrogens with zero attached hydrogens (tertiary/aromatic N) is 2. The molecule has 0 radical (unpaired) electrons. The monoisotopic (exact) mass is 293 g/mol. The molecular formula is C14H19N3O4. The van der Waals surface area contributed by atoms with Crippen molar-refractivity contribution in [2.75, 3.05) is 5.32 Å². The second-order valence-corrected chi connectivity index (χ2v) is 5.36. The van der Waals surface area contributed by atoms with Crippen LogP contribution in [0.2, 0.25) is 0 Å². The van der Waals surface area contributed by atoms with Gasteiger partial charge >= 0.3 is 5.97 Å². The summed E-state index contributed by atoms with van der Waals surface area (Å²) in [6, 6.07) is 1.23. The number of carboxylic acid groups (broad SMARTS) is 1. The zero-order chi connectivity index (χ0) is 15.4. The third-order valence-corrected chi connectivity index (χ3v) is 4.07. The molecule has 1 aliphatic rings. The second kappa shape index (κ2) is 6.51. The highest BCUT2D eigenvalue weighted by Gasteiger charge is 2.26. The normalized spacial score (nSPS) is 21.8. The van der Waals surface area contributed by atoms with Crippen LogP contribution in [0.25, 0.3) is 0 Å². The summed E-state index contributed by atoms with van der Waals surface area (Å²) in [7, 11) is 0. The van der Waals surface area contributed by atoms with E-state index in [1.54, 1.807) is 0 Å². The van der Waals surface area contributed by atoms with Crippen LogP contribution in [0.4, 0.5) is 11.5 Å². The summed E-state index contributed by atoms with van der Waals surface area (Å²) in [5.74, 6) is -0.506. The average Bonchev–Trinajstić information content (AvgIpc) is 2.47. The summed E-state index contributed by atoms with van der Waals surface area (Å²) >= 11 is 0. The first kappa shape index (κ1) is 15.2. The maximum atomic E-state index is 11.3. The number of pyridine rings is 1. The molecular weight excluding hydrogens is 274 g/mol. The van der Waals surface area contributed by atoms with Gasteiger partial charge < -0.3 is 10.4 Å². The van der Waals surface area contributed by atoms with Gasteiger partial charge in [0, 0.05) is 12.1 Å². The van der Waals surface area contributed by atoms with E-state index >= 15 is 0 Å². The number of rotatable bonds is 5. The molecule has 1 aliphatic carbocycles. The van der Waals surface area contributed by atoms with Gasteiger partial charge in [-0.15, -0.1) is 0 Å². The number of aromatic nitrogens is 1. The fraction of sp³-hybridized carbons (Fsp3) is 0.571. The van der Waals surface area contributed by atoms with Crippen molar-refractivity contribution in [1.82, 2.24) is 4.98 Å². The lowest BCUT2D eigenvalue weighted by Gasteiger charge is -2.32. The van der Waals surface area contributed by atoms with Crippen molar-refractivity contribution in [3.63, 3.8) is 0 Å². The maximum absolute atomic E-state index is 11.3. The molecule has 2 atom stereocenters. The van der Waals surface area contributed by atoms with Crippen LogP contribution in [-0.4, -0.2) is 27.0 Å². The summed E-state index contributed by atoms with van der Waals surface area (Å²) in [6.45, 7) is 2.12. The van der Waals surface area contributed by atoms with Gasteiger partial charge in [-0.05, 0) is 18.8 Å². The molecule has 2 rings (SSSR count). The van der Waals surface area contributed by atoms with Gasteiger partial charge in [-0.25, -0.2) is 9.78 Å². The van der Waals surface area contributed by atoms with Gasteiger partial charge in [-0.2, -0.15) is 0 Å². The van der Waals surface area contributed by atoms with Crippen LogP contribution in [-0.2, 0) is 0 Å². The van der Waals surface area contributed by atoms with Crippen molar-refractivity contribution in [2.24, 2.45) is 5.92 Å². The summed E-state index contributed by atoms with van der Waals surface area (Å²) in [5, 5.41) is 23.1. The van der Waals surface area contributed by atoms with Gasteiger partial charge in [0.25, 0.3) is 5.69 Å². The van der Waals surface area contributed by atoms with Crippen molar-refractivity contribution < 1.29 is 14.8 Å². The Morgan fingerprint density at radius 2 is 2.24 bits per heavy atom. The number of nitro groups is 1. The number of hydrogen-bond acceptors (Lipinski definition) is 5. The topological polar surface area (TPSA) is 105 Å². The molecule has 0 spiro atoms. The van der Waals surface area contributed by atoms with Crippen molar-refractivity contribution >= 4 is 17.5 Å². The second-order valence-electron chi connectivity index (χ2n) is 5.36. The van der Waals surface area contributed by atoms with E-state index in [0.29, 0.717) is 5.92 Å². The average molecular weight is 293 g/mol. The molecule has 1 aromatic rings. The molecule has 7 heteroatoms. The summed E-state index contributed by atoms with van der Waals surface area (Å²) in [4.78, 5) is 25.3. The first-order chi connectivity index (χ1) is 10.0. The van der Waals surface area contributed by atoms with Gasteiger partial charge in [0.05, 0.1) is 4.92 Å². The van der Waals surface area contributed by atoms with E-state index in [4.69, 9.17) is 0 Å². The van der Waals surface area contributed by atoms with Crippen molar-refractivity contribution in [1.29, 1.82) is 0 Å². The highest BCUT2D eigenvalue weighted by molar-refractivity contribution is 5.93. The van der Waals surface area contributed by atoms with Crippen LogP contribution in [0.15, 0.2) is 12.3 Å². The predicted molar refractivity (Wildman–Crippen MR) is 77.5 cm³/mol. The number of aromatic carboxylic acids is 1. The predicted octanol–water partition coefficient (Wildman–Crippen LogP) is 3.07. The van der Waals surface area contributed by atoms with Crippen LogP contribution < -0.4 is 5.32 Å². The zero-order valence-corrected chi connectivity index (χ0v) is 11.9. The lowest BCUT2D eigenvalue weighted by Crippen LogP contribution is -2.32. The van der Waals surface area contributed by atoms with Crippen LogP contribution >= 0.6 is 0 Å². The van der Waals surface area contributed by atoms with Crippen molar-refractivity contribution in [2.45, 2.75) is 45.1 Å². The zero-order valence-electron chi connectivity index (χ0n) is 11.9. The Balaban J connectivity index is 2.26. The molecule has 0 bridgehead atoms. The Bertz CT molecular complexity index is 547. The Hall–Kier alpha value is -2.18. The van der Waals surface area contributed by atoms with Gasteiger partial charge in [-0.1, -0.05) is 26.2 Å².